The largest absolute Gasteiger partial charge is 0.382 e. The minimum Gasteiger partial charge on any atom is -0.382 e. The van der Waals surface area contributed by atoms with Crippen molar-refractivity contribution in [3.05, 3.63) is 81.9 Å². The quantitative estimate of drug-likeness (QED) is 0.483. The fourth-order valence-corrected chi connectivity index (χ4v) is 3.72. The first-order valence-electron chi connectivity index (χ1n) is 9.21. The lowest BCUT2D eigenvalue weighted by Crippen LogP contribution is -2.25. The summed E-state index contributed by atoms with van der Waals surface area (Å²) in [6.07, 6.45) is 3.00. The summed E-state index contributed by atoms with van der Waals surface area (Å²) in [6, 6.07) is 12.9. The van der Waals surface area contributed by atoms with Crippen molar-refractivity contribution in [3.8, 4) is 5.69 Å². The van der Waals surface area contributed by atoms with E-state index in [-0.39, 0.29) is 12.1 Å². The topological polar surface area (TPSA) is 105 Å². The summed E-state index contributed by atoms with van der Waals surface area (Å²) in [5.41, 5.74) is 9.07. The van der Waals surface area contributed by atoms with Crippen LogP contribution >= 0.6 is 11.6 Å². The fourth-order valence-electron chi connectivity index (χ4n) is 3.47. The van der Waals surface area contributed by atoms with Crippen molar-refractivity contribution in [1.82, 2.24) is 29.1 Å². The number of fused-ring (bicyclic) bond motifs is 2. The molecule has 0 aliphatic carbocycles. The number of aromatic nitrogens is 6. The van der Waals surface area contributed by atoms with Crippen LogP contribution in [-0.2, 0) is 6.54 Å². The fraction of sp³-hybridized carbons (Fsp3) is 0.0952. The second kappa shape index (κ2) is 6.93. The number of nitrogens with zero attached hydrogens (tertiary/aromatic N) is 6. The molecule has 9 heteroatoms. The SMILES string of the molecule is Cc1ccc(-n2c(Cn3cnc4c(N)ncnc43)nc3cccc(Cl)c3c2=O)cc1. The molecule has 0 radical (unpaired) electrons. The number of rotatable bonds is 3. The highest BCUT2D eigenvalue weighted by atomic mass is 35.5. The zero-order chi connectivity index (χ0) is 20.8. The summed E-state index contributed by atoms with van der Waals surface area (Å²) in [4.78, 5) is 30.8. The maximum atomic E-state index is 13.5. The van der Waals surface area contributed by atoms with Crippen molar-refractivity contribution in [1.29, 1.82) is 0 Å². The van der Waals surface area contributed by atoms with Crippen LogP contribution in [0.25, 0.3) is 27.8 Å². The van der Waals surface area contributed by atoms with Crippen molar-refractivity contribution in [2.45, 2.75) is 13.5 Å². The highest BCUT2D eigenvalue weighted by molar-refractivity contribution is 6.35. The van der Waals surface area contributed by atoms with Crippen LogP contribution in [0.2, 0.25) is 5.02 Å². The van der Waals surface area contributed by atoms with Crippen LogP contribution in [0.3, 0.4) is 0 Å². The van der Waals surface area contributed by atoms with Crippen LogP contribution in [0.1, 0.15) is 11.4 Å². The van der Waals surface area contributed by atoms with Gasteiger partial charge in [-0.25, -0.2) is 19.9 Å². The molecule has 3 heterocycles. The van der Waals surface area contributed by atoms with E-state index in [1.165, 1.54) is 6.33 Å². The monoisotopic (exact) mass is 417 g/mol. The highest BCUT2D eigenvalue weighted by Crippen LogP contribution is 2.22. The third kappa shape index (κ3) is 2.89. The Balaban J connectivity index is 1.77. The molecule has 0 aliphatic rings. The van der Waals surface area contributed by atoms with E-state index in [1.54, 1.807) is 33.7 Å². The first kappa shape index (κ1) is 18.3. The molecule has 3 aromatic heterocycles. The van der Waals surface area contributed by atoms with Gasteiger partial charge in [0.1, 0.15) is 17.7 Å². The van der Waals surface area contributed by atoms with Crippen molar-refractivity contribution >= 4 is 39.5 Å². The van der Waals surface area contributed by atoms with Crippen molar-refractivity contribution in [2.24, 2.45) is 0 Å². The predicted molar refractivity (Wildman–Crippen MR) is 116 cm³/mol. The van der Waals surface area contributed by atoms with E-state index >= 15 is 0 Å². The Morgan fingerprint density at radius 3 is 2.67 bits per heavy atom. The van der Waals surface area contributed by atoms with Gasteiger partial charge in [-0.05, 0) is 31.2 Å². The summed E-state index contributed by atoms with van der Waals surface area (Å²) in [5.74, 6) is 0.822. The van der Waals surface area contributed by atoms with E-state index in [9.17, 15) is 4.79 Å². The zero-order valence-electron chi connectivity index (χ0n) is 16.0. The summed E-state index contributed by atoms with van der Waals surface area (Å²) in [7, 11) is 0. The molecule has 0 unspecified atom stereocenters. The minimum atomic E-state index is -0.233. The van der Waals surface area contributed by atoms with E-state index in [0.29, 0.717) is 44.4 Å². The van der Waals surface area contributed by atoms with Gasteiger partial charge in [0.15, 0.2) is 11.5 Å². The molecule has 0 atom stereocenters. The van der Waals surface area contributed by atoms with Gasteiger partial charge < -0.3 is 10.3 Å². The average Bonchev–Trinajstić information content (AvgIpc) is 3.13. The molecule has 5 rings (SSSR count). The number of aryl methyl sites for hydroxylation is 1. The van der Waals surface area contributed by atoms with Crippen LogP contribution in [-0.4, -0.2) is 29.1 Å². The van der Waals surface area contributed by atoms with Gasteiger partial charge in [0.2, 0.25) is 0 Å². The highest BCUT2D eigenvalue weighted by Gasteiger charge is 2.17. The third-order valence-electron chi connectivity index (χ3n) is 4.95. The lowest BCUT2D eigenvalue weighted by atomic mass is 10.2. The summed E-state index contributed by atoms with van der Waals surface area (Å²) in [5, 5.41) is 0.747. The number of imidazole rings is 1. The molecule has 0 aliphatic heterocycles. The molecule has 2 N–H and O–H groups in total. The van der Waals surface area contributed by atoms with Gasteiger partial charge >= 0.3 is 0 Å². The Labute approximate surface area is 175 Å². The Bertz CT molecular complexity index is 1470. The van der Waals surface area contributed by atoms with Crippen LogP contribution < -0.4 is 11.3 Å². The minimum absolute atomic E-state index is 0.233. The number of anilines is 1. The molecule has 0 saturated heterocycles. The molecule has 0 bridgehead atoms. The second-order valence-corrected chi connectivity index (χ2v) is 7.35. The van der Waals surface area contributed by atoms with Crippen LogP contribution in [0, 0.1) is 6.92 Å². The first-order valence-corrected chi connectivity index (χ1v) is 9.59. The Morgan fingerprint density at radius 1 is 1.07 bits per heavy atom. The maximum absolute atomic E-state index is 13.5. The van der Waals surface area contributed by atoms with Crippen LogP contribution in [0.5, 0.6) is 0 Å². The van der Waals surface area contributed by atoms with E-state index in [0.717, 1.165) is 5.56 Å². The standard InChI is InChI=1S/C21H16ClN7O/c1-12-5-7-13(8-6-12)29-16(27-15-4-2-3-14(22)17(15)21(29)30)9-28-11-26-18-19(23)24-10-25-20(18)28/h2-8,10-11H,9H2,1H3,(H2,23,24,25). The van der Waals surface area contributed by atoms with Gasteiger partial charge in [-0.3, -0.25) is 9.36 Å². The second-order valence-electron chi connectivity index (χ2n) is 6.94. The van der Waals surface area contributed by atoms with Gasteiger partial charge in [0, 0.05) is 0 Å². The number of halogens is 1. The molecule has 0 saturated carbocycles. The van der Waals surface area contributed by atoms with Gasteiger partial charge in [0.25, 0.3) is 5.56 Å². The lowest BCUT2D eigenvalue weighted by molar-refractivity contribution is 0.718. The van der Waals surface area contributed by atoms with Crippen molar-refractivity contribution in [3.63, 3.8) is 0 Å². The zero-order valence-corrected chi connectivity index (χ0v) is 16.7. The number of hydrogen-bond donors (Lipinski definition) is 1. The Morgan fingerprint density at radius 2 is 1.87 bits per heavy atom. The number of nitrogens with two attached hydrogens (primary N) is 1. The van der Waals surface area contributed by atoms with E-state index in [4.69, 9.17) is 22.3 Å². The number of nitrogen functional groups attached to an aromatic ring is 1. The van der Waals surface area contributed by atoms with Crippen molar-refractivity contribution < 1.29 is 0 Å². The number of benzene rings is 2. The molecule has 5 aromatic rings. The summed E-state index contributed by atoms with van der Waals surface area (Å²) in [6.45, 7) is 2.25. The third-order valence-corrected chi connectivity index (χ3v) is 5.26. The van der Waals surface area contributed by atoms with Gasteiger partial charge in [-0.15, -0.1) is 0 Å². The normalized spacial score (nSPS) is 11.4. The average molecular weight is 418 g/mol. The lowest BCUT2D eigenvalue weighted by Gasteiger charge is -2.15. The van der Waals surface area contributed by atoms with E-state index in [2.05, 4.69) is 15.0 Å². The molecular weight excluding hydrogens is 402 g/mol. The smallest absolute Gasteiger partial charge is 0.267 e. The van der Waals surface area contributed by atoms with Gasteiger partial charge in [-0.2, -0.15) is 0 Å². The molecule has 148 valence electrons. The molecule has 0 spiro atoms. The Hall–Kier alpha value is -3.78. The van der Waals surface area contributed by atoms with Gasteiger partial charge in [0.05, 0.1) is 34.5 Å². The van der Waals surface area contributed by atoms with Crippen molar-refractivity contribution in [2.75, 3.05) is 5.73 Å². The molecule has 30 heavy (non-hydrogen) atoms. The van der Waals surface area contributed by atoms with Crippen LogP contribution in [0.15, 0.2) is 59.9 Å². The maximum Gasteiger partial charge on any atom is 0.267 e. The molecule has 2 aromatic carbocycles. The first-order chi connectivity index (χ1) is 14.5. The Kier molecular flexibility index (Phi) is 4.22. The summed E-state index contributed by atoms with van der Waals surface area (Å²) >= 11 is 6.34. The molecule has 8 nitrogen and oxygen atoms in total. The molecule has 0 amide bonds. The molecule has 0 fully saturated rings. The summed E-state index contributed by atoms with van der Waals surface area (Å²) < 4.78 is 3.36. The predicted octanol–water partition coefficient (Wildman–Crippen LogP) is 3.12. The van der Waals surface area contributed by atoms with Crippen LogP contribution in [0.4, 0.5) is 5.82 Å². The number of hydrogen-bond acceptors (Lipinski definition) is 6. The van der Waals surface area contributed by atoms with Gasteiger partial charge in [-0.1, -0.05) is 35.4 Å². The van der Waals surface area contributed by atoms with E-state index < -0.39 is 0 Å². The van der Waals surface area contributed by atoms with E-state index in [1.807, 2.05) is 31.2 Å². The molecular formula is C21H16ClN7O.